The van der Waals surface area contributed by atoms with Gasteiger partial charge in [-0.15, -0.1) is 0 Å². The predicted octanol–water partition coefficient (Wildman–Crippen LogP) is 0.591. The molecule has 0 unspecified atom stereocenters. The molecule has 0 aliphatic carbocycles. The number of carbonyl (C=O) groups is 1. The van der Waals surface area contributed by atoms with E-state index in [4.69, 9.17) is 11.5 Å². The highest BCUT2D eigenvalue weighted by molar-refractivity contribution is 5.88. The molecule has 0 aliphatic heterocycles. The van der Waals surface area contributed by atoms with E-state index in [0.717, 1.165) is 10.1 Å². The smallest absolute Gasteiger partial charge is 0.332 e. The van der Waals surface area contributed by atoms with Crippen LogP contribution in [-0.2, 0) is 17.9 Å². The number of nitrogens with one attached hydrogen (secondary N) is 1. The zero-order valence-electron chi connectivity index (χ0n) is 13.7. The Kier molecular flexibility index (Phi) is 5.08. The number of anilines is 3. The number of nitrogen functional groups attached to an aromatic ring is 2. The monoisotopic (exact) mass is 331 g/mol. The summed E-state index contributed by atoms with van der Waals surface area (Å²) in [6, 6.07) is 6.98. The normalized spacial score (nSPS) is 10.6. The van der Waals surface area contributed by atoms with Gasteiger partial charge in [0, 0.05) is 19.2 Å². The third-order valence-corrected chi connectivity index (χ3v) is 3.57. The zero-order chi connectivity index (χ0) is 17.9. The highest BCUT2D eigenvalue weighted by atomic mass is 16.2. The summed E-state index contributed by atoms with van der Waals surface area (Å²) < 4.78 is 2.37. The second-order valence-electron chi connectivity index (χ2n) is 5.50. The highest BCUT2D eigenvalue weighted by Gasteiger charge is 2.14. The Balaban J connectivity index is 2.41. The predicted molar refractivity (Wildman–Crippen MR) is 93.9 cm³/mol. The maximum atomic E-state index is 12.5. The first kappa shape index (κ1) is 17.3. The molecule has 1 heterocycles. The summed E-state index contributed by atoms with van der Waals surface area (Å²) >= 11 is 0. The fraction of sp³-hybridized carbons (Fsp3) is 0.312. The van der Waals surface area contributed by atoms with Crippen LogP contribution in [0.5, 0.6) is 0 Å². The van der Waals surface area contributed by atoms with Gasteiger partial charge in [-0.1, -0.05) is 19.1 Å². The Morgan fingerprint density at radius 3 is 2.29 bits per heavy atom. The Bertz CT molecular complexity index is 865. The number of benzene rings is 1. The topological polar surface area (TPSA) is 125 Å². The molecule has 8 heteroatoms. The van der Waals surface area contributed by atoms with Crippen molar-refractivity contribution in [2.75, 3.05) is 16.8 Å². The van der Waals surface area contributed by atoms with Crippen molar-refractivity contribution in [3.05, 3.63) is 50.7 Å². The lowest BCUT2D eigenvalue weighted by molar-refractivity contribution is -0.114. The van der Waals surface area contributed by atoms with E-state index in [9.17, 15) is 14.4 Å². The minimum atomic E-state index is -0.559. The van der Waals surface area contributed by atoms with Crippen molar-refractivity contribution in [3.63, 3.8) is 0 Å². The Labute approximate surface area is 138 Å². The van der Waals surface area contributed by atoms with Crippen molar-refractivity contribution in [3.8, 4) is 0 Å². The van der Waals surface area contributed by atoms with Crippen LogP contribution in [0.3, 0.4) is 0 Å². The van der Waals surface area contributed by atoms with Gasteiger partial charge in [0.05, 0.1) is 6.54 Å². The van der Waals surface area contributed by atoms with Crippen LogP contribution in [0.15, 0.2) is 33.9 Å². The first-order chi connectivity index (χ1) is 11.3. The molecule has 0 radical (unpaired) electrons. The maximum absolute atomic E-state index is 12.5. The molecule has 0 atom stereocenters. The van der Waals surface area contributed by atoms with Gasteiger partial charge in [-0.05, 0) is 24.1 Å². The van der Waals surface area contributed by atoms with Crippen LogP contribution in [0.4, 0.5) is 17.2 Å². The molecule has 1 aromatic carbocycles. The average molecular weight is 331 g/mol. The van der Waals surface area contributed by atoms with E-state index < -0.39 is 11.2 Å². The van der Waals surface area contributed by atoms with E-state index in [1.54, 1.807) is 24.3 Å². The average Bonchev–Trinajstić information content (AvgIpc) is 2.55. The van der Waals surface area contributed by atoms with Crippen LogP contribution in [0.1, 0.15) is 25.8 Å². The molecule has 0 saturated heterocycles. The minimum Gasteiger partial charge on any atom is -0.391 e. The summed E-state index contributed by atoms with van der Waals surface area (Å²) in [5.41, 5.74) is 11.9. The molecular weight excluding hydrogens is 310 g/mol. The molecule has 8 nitrogen and oxygen atoms in total. The van der Waals surface area contributed by atoms with Gasteiger partial charge < -0.3 is 16.8 Å². The standard InChI is InChI=1S/C16H21N5O3/c1-3-8-20-15(23)13(17)14(18)21(16(20)24)9-11-4-6-12(7-5-11)19-10(2)22/h4-7H,3,8-9,17-18H2,1-2H3,(H,19,22). The lowest BCUT2D eigenvalue weighted by Gasteiger charge is -2.15. The quantitative estimate of drug-likeness (QED) is 0.739. The molecule has 5 N–H and O–H groups in total. The largest absolute Gasteiger partial charge is 0.391 e. The third kappa shape index (κ3) is 3.48. The molecule has 1 aromatic heterocycles. The number of nitrogens with two attached hydrogens (primary N) is 2. The van der Waals surface area contributed by atoms with Crippen molar-refractivity contribution >= 4 is 23.1 Å². The number of carbonyl (C=O) groups excluding carboxylic acids is 1. The van der Waals surface area contributed by atoms with Crippen LogP contribution in [0.2, 0.25) is 0 Å². The van der Waals surface area contributed by atoms with Gasteiger partial charge in [-0.3, -0.25) is 18.7 Å². The molecule has 2 aromatic rings. The van der Waals surface area contributed by atoms with Crippen molar-refractivity contribution in [2.45, 2.75) is 33.4 Å². The molecule has 0 aliphatic rings. The fourth-order valence-electron chi connectivity index (χ4n) is 2.39. The summed E-state index contributed by atoms with van der Waals surface area (Å²) in [5, 5.41) is 2.66. The number of rotatable bonds is 5. The van der Waals surface area contributed by atoms with Gasteiger partial charge in [0.2, 0.25) is 5.91 Å². The van der Waals surface area contributed by atoms with Crippen LogP contribution < -0.4 is 28.0 Å². The van der Waals surface area contributed by atoms with E-state index in [1.807, 2.05) is 6.92 Å². The zero-order valence-corrected chi connectivity index (χ0v) is 13.7. The summed E-state index contributed by atoms with van der Waals surface area (Å²) in [4.78, 5) is 35.6. The SMILES string of the molecule is CCCn1c(=O)c(N)c(N)n(Cc2ccc(NC(C)=O)cc2)c1=O. The van der Waals surface area contributed by atoms with Gasteiger partial charge >= 0.3 is 5.69 Å². The van der Waals surface area contributed by atoms with Gasteiger partial charge in [-0.25, -0.2) is 4.79 Å². The number of hydrogen-bond donors (Lipinski definition) is 3. The molecule has 0 bridgehead atoms. The lowest BCUT2D eigenvalue weighted by Crippen LogP contribution is -2.42. The molecule has 128 valence electrons. The second-order valence-corrected chi connectivity index (χ2v) is 5.50. The lowest BCUT2D eigenvalue weighted by atomic mass is 10.2. The summed E-state index contributed by atoms with van der Waals surface area (Å²) in [7, 11) is 0. The maximum Gasteiger partial charge on any atom is 0.332 e. The molecule has 0 fully saturated rings. The summed E-state index contributed by atoms with van der Waals surface area (Å²) in [6.07, 6.45) is 0.629. The van der Waals surface area contributed by atoms with E-state index in [0.29, 0.717) is 12.1 Å². The van der Waals surface area contributed by atoms with Crippen molar-refractivity contribution in [1.82, 2.24) is 9.13 Å². The summed E-state index contributed by atoms with van der Waals surface area (Å²) in [6.45, 7) is 3.75. The van der Waals surface area contributed by atoms with Gasteiger partial charge in [-0.2, -0.15) is 0 Å². The van der Waals surface area contributed by atoms with Crippen molar-refractivity contribution < 1.29 is 4.79 Å². The van der Waals surface area contributed by atoms with Gasteiger partial charge in [0.1, 0.15) is 11.5 Å². The Morgan fingerprint density at radius 1 is 1.12 bits per heavy atom. The molecule has 0 saturated carbocycles. The Morgan fingerprint density at radius 2 is 1.75 bits per heavy atom. The fourth-order valence-corrected chi connectivity index (χ4v) is 2.39. The number of amides is 1. The second kappa shape index (κ2) is 7.03. The van der Waals surface area contributed by atoms with Gasteiger partial charge in [0.15, 0.2) is 0 Å². The third-order valence-electron chi connectivity index (χ3n) is 3.57. The molecule has 0 spiro atoms. The number of hydrogen-bond acceptors (Lipinski definition) is 5. The first-order valence-corrected chi connectivity index (χ1v) is 7.60. The van der Waals surface area contributed by atoms with Crippen molar-refractivity contribution in [2.24, 2.45) is 0 Å². The van der Waals surface area contributed by atoms with E-state index >= 15 is 0 Å². The molecule has 1 amide bonds. The molecule has 2 rings (SSSR count). The van der Waals surface area contributed by atoms with Crippen LogP contribution >= 0.6 is 0 Å². The minimum absolute atomic E-state index is 0.0386. The Hall–Kier alpha value is -3.03. The molecular formula is C16H21N5O3. The first-order valence-electron chi connectivity index (χ1n) is 7.60. The molecule has 24 heavy (non-hydrogen) atoms. The van der Waals surface area contributed by atoms with Crippen LogP contribution in [-0.4, -0.2) is 15.0 Å². The van der Waals surface area contributed by atoms with Crippen molar-refractivity contribution in [1.29, 1.82) is 0 Å². The van der Waals surface area contributed by atoms with Crippen LogP contribution in [0.25, 0.3) is 0 Å². The van der Waals surface area contributed by atoms with E-state index in [-0.39, 0.29) is 30.5 Å². The highest BCUT2D eigenvalue weighted by Crippen LogP contribution is 2.13. The van der Waals surface area contributed by atoms with E-state index in [1.165, 1.54) is 11.5 Å². The number of nitrogens with zero attached hydrogens (tertiary/aromatic N) is 2. The summed E-state index contributed by atoms with van der Waals surface area (Å²) in [5.74, 6) is -0.203. The van der Waals surface area contributed by atoms with E-state index in [2.05, 4.69) is 5.32 Å². The van der Waals surface area contributed by atoms with Crippen LogP contribution in [0, 0.1) is 0 Å². The van der Waals surface area contributed by atoms with Gasteiger partial charge in [0.25, 0.3) is 5.56 Å². The number of aromatic nitrogens is 2.